The Bertz CT molecular complexity index is 1960. The Morgan fingerprint density at radius 2 is 1.23 bits per heavy atom. The maximum absolute atomic E-state index is 12.2. The number of aliphatic hydroxyl groups is 1. The summed E-state index contributed by atoms with van der Waals surface area (Å²) in [6.07, 6.45) is 3.99. The second-order valence-electron chi connectivity index (χ2n) is 13.4. The molecule has 1 fully saturated rings. The molecule has 3 heterocycles. The normalized spacial score (nSPS) is 19.2. The maximum atomic E-state index is 12.2. The number of carbonyl (C=O) groups is 2. The van der Waals surface area contributed by atoms with Crippen LogP contribution >= 0.6 is 0 Å². The number of aliphatic hydroxyl groups excluding tert-OH is 1. The van der Waals surface area contributed by atoms with Crippen molar-refractivity contribution in [3.63, 3.8) is 0 Å². The number of rotatable bonds is 14. The van der Waals surface area contributed by atoms with Gasteiger partial charge in [0, 0.05) is 31.1 Å². The van der Waals surface area contributed by atoms with Crippen LogP contribution in [-0.4, -0.2) is 71.8 Å². The van der Waals surface area contributed by atoms with Crippen LogP contribution in [0.5, 0.6) is 11.5 Å². The first-order valence-electron chi connectivity index (χ1n) is 18.0. The van der Waals surface area contributed by atoms with Gasteiger partial charge in [-0.05, 0) is 89.9 Å². The third-order valence-electron chi connectivity index (χ3n) is 9.50. The van der Waals surface area contributed by atoms with Crippen molar-refractivity contribution in [1.29, 1.82) is 0 Å². The number of epoxide rings is 1. The van der Waals surface area contributed by atoms with E-state index in [2.05, 4.69) is 83.4 Å². The molecule has 0 aromatic heterocycles. The molecule has 3 amide bonds. The summed E-state index contributed by atoms with van der Waals surface area (Å²) in [6, 6.07) is 36.9. The number of nitrogens with zero attached hydrogens (tertiary/aromatic N) is 2. The second-order valence-corrected chi connectivity index (χ2v) is 13.4. The molecule has 2 atom stereocenters. The van der Waals surface area contributed by atoms with Crippen molar-refractivity contribution in [1.82, 2.24) is 20.4 Å². The maximum Gasteiger partial charge on any atom is 0.323 e. The topological polar surface area (TPSA) is 116 Å². The Hall–Kier alpha value is -5.84. The molecule has 2 unspecified atom stereocenters. The van der Waals surface area contributed by atoms with Crippen molar-refractivity contribution in [2.75, 3.05) is 32.9 Å². The summed E-state index contributed by atoms with van der Waals surface area (Å²) < 4.78 is 17.8. The van der Waals surface area contributed by atoms with Crippen molar-refractivity contribution in [3.8, 4) is 11.5 Å². The molecule has 272 valence electrons. The van der Waals surface area contributed by atoms with Crippen molar-refractivity contribution < 1.29 is 28.9 Å². The van der Waals surface area contributed by atoms with Gasteiger partial charge in [-0.1, -0.05) is 84.9 Å². The summed E-state index contributed by atoms with van der Waals surface area (Å²) in [7, 11) is 0. The summed E-state index contributed by atoms with van der Waals surface area (Å²) >= 11 is 0. The van der Waals surface area contributed by atoms with E-state index in [0.717, 1.165) is 51.3 Å². The number of amides is 3. The molecule has 3 aliphatic rings. The van der Waals surface area contributed by atoms with Gasteiger partial charge in [0.25, 0.3) is 5.91 Å². The van der Waals surface area contributed by atoms with Gasteiger partial charge in [0.05, 0.1) is 13.2 Å². The van der Waals surface area contributed by atoms with E-state index in [9.17, 15) is 14.7 Å². The van der Waals surface area contributed by atoms with Crippen molar-refractivity contribution >= 4 is 23.1 Å². The van der Waals surface area contributed by atoms with Gasteiger partial charge in [-0.15, -0.1) is 0 Å². The zero-order chi connectivity index (χ0) is 36.8. The molecule has 1 spiro atoms. The van der Waals surface area contributed by atoms with Gasteiger partial charge in [-0.3, -0.25) is 4.79 Å². The van der Waals surface area contributed by atoms with Crippen LogP contribution in [0.2, 0.25) is 0 Å². The van der Waals surface area contributed by atoms with Crippen LogP contribution < -0.4 is 20.1 Å². The summed E-state index contributed by atoms with van der Waals surface area (Å²) in [6.45, 7) is 6.18. The smallest absolute Gasteiger partial charge is 0.323 e. The highest BCUT2D eigenvalue weighted by Gasteiger charge is 2.53. The summed E-state index contributed by atoms with van der Waals surface area (Å²) in [5.41, 5.74) is 7.81. The van der Waals surface area contributed by atoms with E-state index in [0.29, 0.717) is 50.5 Å². The van der Waals surface area contributed by atoms with Gasteiger partial charge in [-0.2, -0.15) is 0 Å². The van der Waals surface area contributed by atoms with E-state index in [4.69, 9.17) is 14.2 Å². The predicted molar refractivity (Wildman–Crippen MR) is 203 cm³/mol. The number of ether oxygens (including phenoxy) is 3. The van der Waals surface area contributed by atoms with Crippen molar-refractivity contribution in [2.24, 2.45) is 0 Å². The van der Waals surface area contributed by atoms with Crippen LogP contribution in [0.1, 0.15) is 48.9 Å². The van der Waals surface area contributed by atoms with E-state index in [1.54, 1.807) is 24.9 Å². The second kappa shape index (κ2) is 15.8. The van der Waals surface area contributed by atoms with E-state index in [1.807, 2.05) is 47.5 Å². The Morgan fingerprint density at radius 1 is 0.736 bits per heavy atom. The number of carbonyl (C=O) groups excluding carboxylic acids is 2. The lowest BCUT2D eigenvalue weighted by Gasteiger charge is -2.32. The van der Waals surface area contributed by atoms with Crippen LogP contribution in [0, 0.1) is 0 Å². The fourth-order valence-corrected chi connectivity index (χ4v) is 6.56. The lowest BCUT2D eigenvalue weighted by molar-refractivity contribution is -0.122. The van der Waals surface area contributed by atoms with Gasteiger partial charge >= 0.3 is 6.03 Å². The minimum absolute atomic E-state index is 0.0942. The van der Waals surface area contributed by atoms with Crippen LogP contribution in [-0.2, 0) is 9.53 Å². The Labute approximate surface area is 310 Å². The predicted octanol–water partition coefficient (Wildman–Crippen LogP) is 6.50. The van der Waals surface area contributed by atoms with Crippen LogP contribution in [0.4, 0.5) is 4.79 Å². The average Bonchev–Trinajstić information content (AvgIpc) is 3.96. The lowest BCUT2D eigenvalue weighted by Crippen LogP contribution is -2.53. The minimum atomic E-state index is -0.940. The van der Waals surface area contributed by atoms with Crippen LogP contribution in [0.15, 0.2) is 133 Å². The first-order chi connectivity index (χ1) is 25.8. The Kier molecular flexibility index (Phi) is 10.6. The molecule has 4 aromatic rings. The lowest BCUT2D eigenvalue weighted by atomic mass is 9.86. The van der Waals surface area contributed by atoms with Gasteiger partial charge in [0.15, 0.2) is 6.23 Å². The van der Waals surface area contributed by atoms with Crippen molar-refractivity contribution in [2.45, 2.75) is 38.8 Å². The summed E-state index contributed by atoms with van der Waals surface area (Å²) in [4.78, 5) is 27.9. The molecular formula is C43H44N4O6. The number of hydrogen-bond acceptors (Lipinski definition) is 7. The van der Waals surface area contributed by atoms with Gasteiger partial charge in [-0.25, -0.2) is 4.79 Å². The zero-order valence-electron chi connectivity index (χ0n) is 30.0. The molecule has 4 aromatic carbocycles. The third-order valence-corrected chi connectivity index (χ3v) is 9.50. The molecule has 53 heavy (non-hydrogen) atoms. The Morgan fingerprint density at radius 3 is 1.74 bits per heavy atom. The highest BCUT2D eigenvalue weighted by molar-refractivity contribution is 6.04. The number of hydrogen-bond donors (Lipinski definition) is 3. The third kappa shape index (κ3) is 8.30. The number of nitrogens with one attached hydrogen (secondary N) is 2. The largest absolute Gasteiger partial charge is 0.494 e. The van der Waals surface area contributed by atoms with Gasteiger partial charge in [0.1, 0.15) is 18.1 Å². The van der Waals surface area contributed by atoms with Crippen molar-refractivity contribution in [3.05, 3.63) is 155 Å². The van der Waals surface area contributed by atoms with Gasteiger partial charge < -0.3 is 39.8 Å². The molecule has 0 saturated carbocycles. The quantitative estimate of drug-likeness (QED) is 0.0777. The standard InChI is InChI=1S/C43H44N4O6/c1-30-27-46(42(50)44-40(30)48)23-9-25-51-36-19-15-34(16-20-36)39(38(32-11-5-3-6-12-32)33-13-7-4-8-14-33)35-17-21-37(22-18-35)52-26-10-24-47-28-31(2)41(49)45-43(47)29-53-43/h3-8,11-22,27-28,40,48H,9-10,23-26,29H2,1-2H3,(H,44,50)(H,45,49). The number of benzene rings is 4. The zero-order valence-corrected chi connectivity index (χ0v) is 30.0. The van der Waals surface area contributed by atoms with E-state index in [-0.39, 0.29) is 11.9 Å². The first-order valence-corrected chi connectivity index (χ1v) is 18.0. The molecular weight excluding hydrogens is 668 g/mol. The molecule has 0 radical (unpaired) electrons. The van der Waals surface area contributed by atoms with Crippen LogP contribution in [0.3, 0.4) is 0 Å². The highest BCUT2D eigenvalue weighted by atomic mass is 16.6. The fraction of sp³-hybridized carbons (Fsp3) is 0.256. The van der Waals surface area contributed by atoms with E-state index < -0.39 is 12.1 Å². The summed E-state index contributed by atoms with van der Waals surface area (Å²) in [5, 5.41) is 15.3. The Balaban J connectivity index is 1.08. The number of urea groups is 1. The molecule has 1 saturated heterocycles. The van der Waals surface area contributed by atoms with E-state index in [1.165, 1.54) is 0 Å². The monoisotopic (exact) mass is 712 g/mol. The van der Waals surface area contributed by atoms with Gasteiger partial charge in [0.2, 0.25) is 5.85 Å². The fourth-order valence-electron chi connectivity index (χ4n) is 6.56. The molecule has 0 aliphatic carbocycles. The molecule has 10 nitrogen and oxygen atoms in total. The summed E-state index contributed by atoms with van der Waals surface area (Å²) in [5.74, 6) is 0.719. The average molecular weight is 713 g/mol. The van der Waals surface area contributed by atoms with Crippen LogP contribution in [0.25, 0.3) is 11.1 Å². The molecule has 10 heteroatoms. The highest BCUT2D eigenvalue weighted by Crippen LogP contribution is 2.38. The molecule has 7 rings (SSSR count). The molecule has 3 aliphatic heterocycles. The molecule has 0 bridgehead atoms. The molecule has 3 N–H and O–H groups in total. The van der Waals surface area contributed by atoms with E-state index >= 15 is 0 Å². The SMILES string of the molecule is CC1=CN(CCCOc2ccc(C(=C(c3ccccc3)c3ccccc3)c3ccc(OCCCN4C=C(C)C(O)NC4=O)cc3)cc2)C2(CO2)NC1=O. The minimum Gasteiger partial charge on any atom is -0.494 e. The first kappa shape index (κ1) is 35.6.